The van der Waals surface area contributed by atoms with Crippen LogP contribution in [0.3, 0.4) is 0 Å². The van der Waals surface area contributed by atoms with Crippen LogP contribution in [-0.2, 0) is 9.59 Å². The van der Waals surface area contributed by atoms with Crippen LogP contribution >= 0.6 is 0 Å². The minimum atomic E-state index is -0.366. The van der Waals surface area contributed by atoms with Crippen LogP contribution < -0.4 is 15.2 Å². The van der Waals surface area contributed by atoms with Crippen LogP contribution in [0.5, 0.6) is 11.5 Å². The van der Waals surface area contributed by atoms with Crippen molar-refractivity contribution in [3.05, 3.63) is 29.8 Å². The van der Waals surface area contributed by atoms with Crippen molar-refractivity contribution in [3.63, 3.8) is 0 Å². The number of carbonyl (C=O) groups excluding carboxylic acids is 2. The molecular weight excluding hydrogens is 296 g/mol. The van der Waals surface area contributed by atoms with Gasteiger partial charge in [0.15, 0.2) is 11.5 Å². The molecule has 3 rings (SSSR count). The average molecular weight is 316 g/mol. The zero-order valence-electron chi connectivity index (χ0n) is 12.9. The smallest absolute Gasteiger partial charge is 0.246 e. The molecule has 2 N–H and O–H groups in total. The van der Waals surface area contributed by atoms with Crippen LogP contribution in [0.2, 0.25) is 0 Å². The van der Waals surface area contributed by atoms with Gasteiger partial charge < -0.3 is 20.1 Å². The molecule has 6 heteroatoms. The van der Waals surface area contributed by atoms with E-state index >= 15 is 0 Å². The fraction of sp³-hybridized carbons (Fsp3) is 0.412. The molecule has 0 radical (unpaired) electrons. The van der Waals surface area contributed by atoms with Crippen molar-refractivity contribution in [2.24, 2.45) is 5.73 Å². The van der Waals surface area contributed by atoms with Gasteiger partial charge in [0, 0.05) is 25.1 Å². The maximum Gasteiger partial charge on any atom is 0.246 e. The quantitative estimate of drug-likeness (QED) is 0.857. The van der Waals surface area contributed by atoms with Gasteiger partial charge in [-0.2, -0.15) is 0 Å². The number of nitrogens with zero attached hydrogens (tertiary/aromatic N) is 1. The lowest BCUT2D eigenvalue weighted by Crippen LogP contribution is -2.44. The summed E-state index contributed by atoms with van der Waals surface area (Å²) in [5.41, 5.74) is 6.15. The van der Waals surface area contributed by atoms with Crippen molar-refractivity contribution < 1.29 is 19.1 Å². The van der Waals surface area contributed by atoms with Crippen molar-refractivity contribution in [2.45, 2.75) is 31.7 Å². The molecule has 6 nitrogen and oxygen atoms in total. The van der Waals surface area contributed by atoms with Gasteiger partial charge in [-0.25, -0.2) is 0 Å². The van der Waals surface area contributed by atoms with Gasteiger partial charge in [-0.05, 0) is 43.0 Å². The summed E-state index contributed by atoms with van der Waals surface area (Å²) >= 11 is 0. The average Bonchev–Trinajstić information content (AvgIpc) is 3.00. The summed E-state index contributed by atoms with van der Waals surface area (Å²) < 4.78 is 10.6. The fourth-order valence-corrected chi connectivity index (χ4v) is 3.02. The third-order valence-corrected chi connectivity index (χ3v) is 4.16. The number of carbonyl (C=O) groups is 2. The number of ether oxygens (including phenoxy) is 2. The SMILES string of the molecule is NC(=O)C[C@@H]1CCCCN1C(=O)/C=C\c1ccc2c(c1)OCO2. The minimum Gasteiger partial charge on any atom is -0.454 e. The van der Waals surface area contributed by atoms with Gasteiger partial charge in [0.2, 0.25) is 18.6 Å². The van der Waals surface area contributed by atoms with Crippen LogP contribution in [-0.4, -0.2) is 36.1 Å². The van der Waals surface area contributed by atoms with E-state index in [0.717, 1.165) is 24.8 Å². The lowest BCUT2D eigenvalue weighted by Gasteiger charge is -2.34. The first-order chi connectivity index (χ1) is 11.1. The van der Waals surface area contributed by atoms with Gasteiger partial charge in [-0.3, -0.25) is 9.59 Å². The molecule has 1 aromatic rings. The second-order valence-electron chi connectivity index (χ2n) is 5.80. The molecule has 1 saturated heterocycles. The number of hydrogen-bond donors (Lipinski definition) is 1. The Morgan fingerprint density at radius 1 is 1.26 bits per heavy atom. The van der Waals surface area contributed by atoms with E-state index in [1.807, 2.05) is 18.2 Å². The van der Waals surface area contributed by atoms with Gasteiger partial charge in [0.25, 0.3) is 0 Å². The first kappa shape index (κ1) is 15.4. The van der Waals surface area contributed by atoms with Crippen molar-refractivity contribution in [1.29, 1.82) is 0 Å². The summed E-state index contributed by atoms with van der Waals surface area (Å²) in [5.74, 6) is 0.943. The molecule has 2 amide bonds. The zero-order valence-corrected chi connectivity index (χ0v) is 12.9. The molecule has 0 unspecified atom stereocenters. The Morgan fingerprint density at radius 2 is 2.09 bits per heavy atom. The Bertz CT molecular complexity index is 641. The second-order valence-corrected chi connectivity index (χ2v) is 5.80. The number of fused-ring (bicyclic) bond motifs is 1. The highest BCUT2D eigenvalue weighted by Gasteiger charge is 2.26. The normalized spacial score (nSPS) is 20.0. The van der Waals surface area contributed by atoms with Gasteiger partial charge >= 0.3 is 0 Å². The van der Waals surface area contributed by atoms with Crippen LogP contribution in [0.15, 0.2) is 24.3 Å². The Labute approximate surface area is 134 Å². The molecule has 122 valence electrons. The molecule has 1 aromatic carbocycles. The van der Waals surface area contributed by atoms with E-state index in [4.69, 9.17) is 15.2 Å². The number of amides is 2. The van der Waals surface area contributed by atoms with Gasteiger partial charge in [-0.1, -0.05) is 6.07 Å². The summed E-state index contributed by atoms with van der Waals surface area (Å²) in [6, 6.07) is 5.44. The monoisotopic (exact) mass is 316 g/mol. The van der Waals surface area contributed by atoms with Gasteiger partial charge in [-0.15, -0.1) is 0 Å². The van der Waals surface area contributed by atoms with E-state index < -0.39 is 0 Å². The van der Waals surface area contributed by atoms with E-state index in [1.54, 1.807) is 11.0 Å². The van der Waals surface area contributed by atoms with Gasteiger partial charge in [0.1, 0.15) is 0 Å². The summed E-state index contributed by atoms with van der Waals surface area (Å²) in [4.78, 5) is 25.3. The lowest BCUT2D eigenvalue weighted by atomic mass is 9.99. The van der Waals surface area contributed by atoms with Gasteiger partial charge in [0.05, 0.1) is 0 Å². The summed E-state index contributed by atoms with van der Waals surface area (Å²) in [5, 5.41) is 0. The summed E-state index contributed by atoms with van der Waals surface area (Å²) in [7, 11) is 0. The highest BCUT2D eigenvalue weighted by atomic mass is 16.7. The molecule has 2 heterocycles. The number of likely N-dealkylation sites (tertiary alicyclic amines) is 1. The number of piperidine rings is 1. The number of rotatable bonds is 4. The molecule has 0 bridgehead atoms. The standard InChI is InChI=1S/C17H20N2O4/c18-16(20)10-13-3-1-2-8-19(13)17(21)7-5-12-4-6-14-15(9-12)23-11-22-14/h4-7,9,13H,1-3,8,10-11H2,(H2,18,20)/b7-5-/t13-/m0/s1. The van der Waals surface area contributed by atoms with E-state index in [-0.39, 0.29) is 31.1 Å². The zero-order chi connectivity index (χ0) is 16.2. The molecule has 0 aromatic heterocycles. The summed E-state index contributed by atoms with van der Waals surface area (Å²) in [6.07, 6.45) is 6.32. The van der Waals surface area contributed by atoms with Crippen molar-refractivity contribution in [2.75, 3.05) is 13.3 Å². The molecule has 0 aliphatic carbocycles. The maximum absolute atomic E-state index is 12.4. The predicted molar refractivity (Wildman–Crippen MR) is 84.8 cm³/mol. The second kappa shape index (κ2) is 6.73. The van der Waals surface area contributed by atoms with Crippen LogP contribution in [0.1, 0.15) is 31.2 Å². The number of hydrogen-bond acceptors (Lipinski definition) is 4. The van der Waals surface area contributed by atoms with Crippen molar-refractivity contribution in [3.8, 4) is 11.5 Å². The van der Waals surface area contributed by atoms with Crippen molar-refractivity contribution >= 4 is 17.9 Å². The van der Waals surface area contributed by atoms with Crippen LogP contribution in [0.4, 0.5) is 0 Å². The molecular formula is C17H20N2O4. The first-order valence-electron chi connectivity index (χ1n) is 7.80. The van der Waals surface area contributed by atoms with E-state index in [1.165, 1.54) is 6.08 Å². The maximum atomic E-state index is 12.4. The van der Waals surface area contributed by atoms with Crippen LogP contribution in [0.25, 0.3) is 6.08 Å². The van der Waals surface area contributed by atoms with Crippen LogP contribution in [0, 0.1) is 0 Å². The lowest BCUT2D eigenvalue weighted by molar-refractivity contribution is -0.130. The largest absolute Gasteiger partial charge is 0.454 e. The highest BCUT2D eigenvalue weighted by Crippen LogP contribution is 2.32. The molecule has 0 saturated carbocycles. The molecule has 0 spiro atoms. The fourth-order valence-electron chi connectivity index (χ4n) is 3.02. The Morgan fingerprint density at radius 3 is 2.91 bits per heavy atom. The highest BCUT2D eigenvalue weighted by molar-refractivity contribution is 5.92. The van der Waals surface area contributed by atoms with Crippen molar-refractivity contribution in [1.82, 2.24) is 4.90 Å². The van der Waals surface area contributed by atoms with E-state index in [2.05, 4.69) is 0 Å². The predicted octanol–water partition coefficient (Wildman–Crippen LogP) is 1.68. The number of nitrogens with two attached hydrogens (primary N) is 1. The Kier molecular flexibility index (Phi) is 4.50. The molecule has 1 fully saturated rings. The number of primary amides is 1. The Balaban J connectivity index is 1.68. The van der Waals surface area contributed by atoms with E-state index in [0.29, 0.717) is 18.0 Å². The molecule has 23 heavy (non-hydrogen) atoms. The minimum absolute atomic E-state index is 0.0878. The van der Waals surface area contributed by atoms with E-state index in [9.17, 15) is 9.59 Å². The number of benzene rings is 1. The third-order valence-electron chi connectivity index (χ3n) is 4.16. The molecule has 2 aliphatic heterocycles. The molecule has 1 atom stereocenters. The summed E-state index contributed by atoms with van der Waals surface area (Å²) in [6.45, 7) is 0.895. The first-order valence-corrected chi connectivity index (χ1v) is 7.80. The third kappa shape index (κ3) is 3.64. The Hall–Kier alpha value is -2.50. The topological polar surface area (TPSA) is 81.9 Å². The molecule has 2 aliphatic rings.